The Labute approximate surface area is 123 Å². The molecular weight excluding hydrogens is 296 g/mol. The molecule has 1 aromatic rings. The van der Waals surface area contributed by atoms with Gasteiger partial charge in [-0.05, 0) is 31.0 Å². The number of hydrogen-bond donors (Lipinski definition) is 3. The van der Waals surface area contributed by atoms with E-state index < -0.39 is 21.4 Å². The lowest BCUT2D eigenvalue weighted by molar-refractivity contribution is -0.154. The molecule has 2 rings (SSSR count). The van der Waals surface area contributed by atoms with Crippen molar-refractivity contribution in [3.8, 4) is 0 Å². The molecule has 0 atom stereocenters. The van der Waals surface area contributed by atoms with Crippen LogP contribution < -0.4 is 10.5 Å². The molecule has 7 nitrogen and oxygen atoms in total. The highest BCUT2D eigenvalue weighted by atomic mass is 32.2. The third-order valence-electron chi connectivity index (χ3n) is 3.67. The summed E-state index contributed by atoms with van der Waals surface area (Å²) in [5.41, 5.74) is 4.78. The summed E-state index contributed by atoms with van der Waals surface area (Å²) in [4.78, 5) is 11.5. The van der Waals surface area contributed by atoms with Crippen LogP contribution in [0.2, 0.25) is 0 Å². The lowest BCUT2D eigenvalue weighted by Gasteiger charge is -2.33. The van der Waals surface area contributed by atoms with E-state index in [0.29, 0.717) is 18.9 Å². The molecule has 4 N–H and O–H groups in total. The molecule has 0 saturated carbocycles. The molecule has 1 saturated heterocycles. The van der Waals surface area contributed by atoms with Gasteiger partial charge in [-0.25, -0.2) is 13.1 Å². The van der Waals surface area contributed by atoms with Crippen molar-refractivity contribution in [1.82, 2.24) is 4.72 Å². The molecule has 1 heterocycles. The molecule has 0 radical (unpaired) electrons. The van der Waals surface area contributed by atoms with Crippen LogP contribution in [-0.2, 0) is 19.6 Å². The SMILES string of the molecule is Nc1cccc(S(=O)(=O)NCC2(C(=O)O)CCOCC2)c1. The van der Waals surface area contributed by atoms with Crippen molar-refractivity contribution in [3.63, 3.8) is 0 Å². The zero-order valence-electron chi connectivity index (χ0n) is 11.4. The fourth-order valence-electron chi connectivity index (χ4n) is 2.23. The third kappa shape index (κ3) is 3.52. The van der Waals surface area contributed by atoms with Gasteiger partial charge in [-0.1, -0.05) is 6.07 Å². The highest BCUT2D eigenvalue weighted by Gasteiger charge is 2.41. The van der Waals surface area contributed by atoms with E-state index >= 15 is 0 Å². The number of carboxylic acids is 1. The summed E-state index contributed by atoms with van der Waals surface area (Å²) >= 11 is 0. The summed E-state index contributed by atoms with van der Waals surface area (Å²) < 4.78 is 31.9. The number of benzene rings is 1. The molecule has 1 fully saturated rings. The molecule has 0 bridgehead atoms. The molecule has 0 amide bonds. The second kappa shape index (κ2) is 6.00. The zero-order chi connectivity index (χ0) is 15.5. The number of nitrogen functional groups attached to an aromatic ring is 1. The number of nitrogens with two attached hydrogens (primary N) is 1. The first-order chi connectivity index (χ1) is 9.86. The Balaban J connectivity index is 2.15. The van der Waals surface area contributed by atoms with Gasteiger partial charge in [0, 0.05) is 25.4 Å². The first-order valence-corrected chi connectivity index (χ1v) is 8.00. The maximum atomic E-state index is 12.2. The standard InChI is InChI=1S/C13H18N2O5S/c14-10-2-1-3-11(8-10)21(18,19)15-9-13(12(16)17)4-6-20-7-5-13/h1-3,8,15H,4-7,9,14H2,(H,16,17). The summed E-state index contributed by atoms with van der Waals surface area (Å²) in [5.74, 6) is -1.01. The summed E-state index contributed by atoms with van der Waals surface area (Å²) in [5, 5.41) is 9.39. The van der Waals surface area contributed by atoms with Crippen LogP contribution in [0.3, 0.4) is 0 Å². The number of hydrogen-bond acceptors (Lipinski definition) is 5. The van der Waals surface area contributed by atoms with Gasteiger partial charge in [-0.15, -0.1) is 0 Å². The van der Waals surface area contributed by atoms with Crippen molar-refractivity contribution < 1.29 is 23.1 Å². The van der Waals surface area contributed by atoms with E-state index in [-0.39, 0.29) is 24.3 Å². The predicted molar refractivity (Wildman–Crippen MR) is 76.2 cm³/mol. The fraction of sp³-hybridized carbons (Fsp3) is 0.462. The molecule has 0 aromatic heterocycles. The van der Waals surface area contributed by atoms with Crippen LogP contribution in [0.15, 0.2) is 29.2 Å². The van der Waals surface area contributed by atoms with Crippen molar-refractivity contribution in [2.24, 2.45) is 5.41 Å². The molecule has 1 aliphatic heterocycles. The number of aliphatic carboxylic acids is 1. The van der Waals surface area contributed by atoms with Crippen LogP contribution in [0.25, 0.3) is 0 Å². The maximum absolute atomic E-state index is 12.2. The monoisotopic (exact) mass is 314 g/mol. The van der Waals surface area contributed by atoms with Crippen LogP contribution in [0, 0.1) is 5.41 Å². The maximum Gasteiger partial charge on any atom is 0.311 e. The molecule has 0 spiro atoms. The Bertz CT molecular complexity index is 623. The topological polar surface area (TPSA) is 119 Å². The molecule has 0 aliphatic carbocycles. The number of anilines is 1. The number of ether oxygens (including phenoxy) is 1. The largest absolute Gasteiger partial charge is 0.481 e. The van der Waals surface area contributed by atoms with Crippen molar-refractivity contribution in [2.45, 2.75) is 17.7 Å². The molecule has 1 aliphatic rings. The Kier molecular flexibility index (Phi) is 4.50. The van der Waals surface area contributed by atoms with Crippen LogP contribution in [-0.4, -0.2) is 39.3 Å². The molecule has 21 heavy (non-hydrogen) atoms. The van der Waals surface area contributed by atoms with Gasteiger partial charge in [0.1, 0.15) is 0 Å². The van der Waals surface area contributed by atoms with Crippen LogP contribution in [0.1, 0.15) is 12.8 Å². The second-order valence-corrected chi connectivity index (χ2v) is 6.86. The van der Waals surface area contributed by atoms with Crippen molar-refractivity contribution in [3.05, 3.63) is 24.3 Å². The molecule has 0 unspecified atom stereocenters. The molecule has 1 aromatic carbocycles. The van der Waals surface area contributed by atoms with Crippen molar-refractivity contribution >= 4 is 21.7 Å². The first kappa shape index (κ1) is 15.7. The predicted octanol–water partition coefficient (Wildman–Crippen LogP) is 0.428. The Hall–Kier alpha value is -1.64. The van der Waals surface area contributed by atoms with Gasteiger partial charge in [0.2, 0.25) is 10.0 Å². The zero-order valence-corrected chi connectivity index (χ0v) is 12.2. The highest BCUT2D eigenvalue weighted by Crippen LogP contribution is 2.30. The van der Waals surface area contributed by atoms with Crippen LogP contribution in [0.5, 0.6) is 0 Å². The second-order valence-electron chi connectivity index (χ2n) is 5.09. The van der Waals surface area contributed by atoms with Gasteiger partial charge in [0.15, 0.2) is 0 Å². The van der Waals surface area contributed by atoms with E-state index in [1.165, 1.54) is 18.2 Å². The number of carbonyl (C=O) groups is 1. The minimum atomic E-state index is -3.79. The molecule has 116 valence electrons. The summed E-state index contributed by atoms with van der Waals surface area (Å²) in [6.07, 6.45) is 0.559. The van der Waals surface area contributed by atoms with Gasteiger partial charge in [-0.2, -0.15) is 0 Å². The van der Waals surface area contributed by atoms with Gasteiger partial charge < -0.3 is 15.6 Å². The fourth-order valence-corrected chi connectivity index (χ4v) is 3.41. The van der Waals surface area contributed by atoms with E-state index in [1.807, 2.05) is 0 Å². The summed E-state index contributed by atoms with van der Waals surface area (Å²) in [7, 11) is -3.79. The molecule has 8 heteroatoms. The van der Waals surface area contributed by atoms with Gasteiger partial charge in [0.05, 0.1) is 10.3 Å². The number of sulfonamides is 1. The van der Waals surface area contributed by atoms with Crippen LogP contribution in [0.4, 0.5) is 5.69 Å². The van der Waals surface area contributed by atoms with E-state index in [4.69, 9.17) is 10.5 Å². The first-order valence-electron chi connectivity index (χ1n) is 6.52. The van der Waals surface area contributed by atoms with Crippen molar-refractivity contribution in [1.29, 1.82) is 0 Å². The normalized spacial score (nSPS) is 18.3. The number of carboxylic acid groups (broad SMARTS) is 1. The average Bonchev–Trinajstić information content (AvgIpc) is 2.46. The van der Waals surface area contributed by atoms with E-state index in [9.17, 15) is 18.3 Å². The van der Waals surface area contributed by atoms with E-state index in [0.717, 1.165) is 0 Å². The number of rotatable bonds is 5. The summed E-state index contributed by atoms with van der Waals surface area (Å²) in [6, 6.07) is 5.86. The van der Waals surface area contributed by atoms with Gasteiger partial charge in [-0.3, -0.25) is 4.79 Å². The minimum Gasteiger partial charge on any atom is -0.481 e. The smallest absolute Gasteiger partial charge is 0.311 e. The average molecular weight is 314 g/mol. The highest BCUT2D eigenvalue weighted by molar-refractivity contribution is 7.89. The minimum absolute atomic E-state index is 0.0232. The Morgan fingerprint density at radius 3 is 2.62 bits per heavy atom. The lowest BCUT2D eigenvalue weighted by Crippen LogP contribution is -2.46. The lowest BCUT2D eigenvalue weighted by atomic mass is 9.80. The van der Waals surface area contributed by atoms with Gasteiger partial charge in [0.25, 0.3) is 0 Å². The Morgan fingerprint density at radius 1 is 1.38 bits per heavy atom. The molecular formula is C13H18N2O5S. The van der Waals surface area contributed by atoms with E-state index in [1.54, 1.807) is 6.07 Å². The summed E-state index contributed by atoms with van der Waals surface area (Å²) in [6.45, 7) is 0.460. The number of nitrogens with one attached hydrogen (secondary N) is 1. The van der Waals surface area contributed by atoms with Crippen LogP contribution >= 0.6 is 0 Å². The third-order valence-corrected chi connectivity index (χ3v) is 5.07. The van der Waals surface area contributed by atoms with Gasteiger partial charge >= 0.3 is 5.97 Å². The Morgan fingerprint density at radius 2 is 2.05 bits per heavy atom. The quantitative estimate of drug-likeness (QED) is 0.678. The van der Waals surface area contributed by atoms with E-state index in [2.05, 4.69) is 4.72 Å². The van der Waals surface area contributed by atoms with Crippen molar-refractivity contribution in [2.75, 3.05) is 25.5 Å².